The third-order valence-electron chi connectivity index (χ3n) is 3.09. The number of hydrogen-bond acceptors (Lipinski definition) is 6. The molecule has 1 aliphatic rings. The molecular weight excluding hydrogens is 248 g/mol. The maximum absolute atomic E-state index is 11.8. The average Bonchev–Trinajstić information content (AvgIpc) is 2.92. The minimum absolute atomic E-state index is 0.00181. The van der Waals surface area contributed by atoms with Crippen LogP contribution in [0.3, 0.4) is 0 Å². The highest BCUT2D eigenvalue weighted by atomic mass is 16.7. The van der Waals surface area contributed by atoms with Gasteiger partial charge in [-0.15, -0.1) is 0 Å². The zero-order valence-corrected chi connectivity index (χ0v) is 10.9. The first kappa shape index (κ1) is 13.4. The molecule has 1 atom stereocenters. The number of benzene rings is 1. The van der Waals surface area contributed by atoms with Gasteiger partial charge in [-0.05, 0) is 12.1 Å². The van der Waals surface area contributed by atoms with Crippen molar-refractivity contribution in [2.75, 3.05) is 20.8 Å². The number of carbonyl (C=O) groups excluding carboxylic acids is 1. The molecule has 0 spiro atoms. The summed E-state index contributed by atoms with van der Waals surface area (Å²) in [5.41, 5.74) is 5.79. The summed E-state index contributed by atoms with van der Waals surface area (Å²) in [5, 5.41) is 3.96. The fraction of sp³-hybridized carbons (Fsp3) is 0.385. The van der Waals surface area contributed by atoms with Crippen LogP contribution >= 0.6 is 0 Å². The molecule has 1 unspecified atom stereocenters. The fourth-order valence-electron chi connectivity index (χ4n) is 1.99. The number of ether oxygens (including phenoxy) is 2. The second-order valence-electron chi connectivity index (χ2n) is 4.20. The van der Waals surface area contributed by atoms with Crippen LogP contribution < -0.4 is 10.5 Å². The summed E-state index contributed by atoms with van der Waals surface area (Å²) in [6.45, 7) is 0.00181. The van der Waals surface area contributed by atoms with Gasteiger partial charge >= 0.3 is 5.97 Å². The van der Waals surface area contributed by atoms with E-state index in [9.17, 15) is 4.79 Å². The molecule has 2 N–H and O–H groups in total. The van der Waals surface area contributed by atoms with Crippen molar-refractivity contribution in [2.24, 2.45) is 10.9 Å². The van der Waals surface area contributed by atoms with Gasteiger partial charge in [-0.1, -0.05) is 17.3 Å². The first-order valence-electron chi connectivity index (χ1n) is 5.84. The lowest BCUT2D eigenvalue weighted by Gasteiger charge is -2.21. The number of methoxy groups -OCH3 is 2. The normalized spacial score (nSPS) is 21.5. The SMILES string of the molecule is COC(=O)C1(CN)CC(c2ccccc2OC)=NO1. The van der Waals surface area contributed by atoms with Crippen LogP contribution in [0, 0.1) is 0 Å². The van der Waals surface area contributed by atoms with Gasteiger partial charge < -0.3 is 20.0 Å². The third kappa shape index (κ3) is 2.26. The molecule has 1 aromatic carbocycles. The van der Waals surface area contributed by atoms with Gasteiger partial charge in [-0.2, -0.15) is 0 Å². The van der Waals surface area contributed by atoms with Crippen molar-refractivity contribution in [1.29, 1.82) is 0 Å². The summed E-state index contributed by atoms with van der Waals surface area (Å²) in [4.78, 5) is 17.0. The predicted molar refractivity (Wildman–Crippen MR) is 69.0 cm³/mol. The molecular formula is C13H16N2O4. The molecule has 0 aliphatic carbocycles. The first-order valence-corrected chi connectivity index (χ1v) is 5.84. The minimum atomic E-state index is -1.23. The second kappa shape index (κ2) is 5.27. The van der Waals surface area contributed by atoms with Crippen LogP contribution in [0.25, 0.3) is 0 Å². The standard InChI is InChI=1S/C13H16N2O4/c1-17-11-6-4-3-5-9(11)10-7-13(8-14,19-15-10)12(16)18-2/h3-6H,7-8,14H2,1-2H3. The van der Waals surface area contributed by atoms with Gasteiger partial charge in [0.2, 0.25) is 0 Å². The van der Waals surface area contributed by atoms with Gasteiger partial charge in [0.15, 0.2) is 0 Å². The first-order chi connectivity index (χ1) is 9.16. The molecule has 102 valence electrons. The Morgan fingerprint density at radius 1 is 1.47 bits per heavy atom. The van der Waals surface area contributed by atoms with E-state index in [0.717, 1.165) is 5.56 Å². The van der Waals surface area contributed by atoms with Gasteiger partial charge in [0, 0.05) is 18.5 Å². The highest BCUT2D eigenvalue weighted by molar-refractivity contribution is 6.06. The Morgan fingerprint density at radius 3 is 2.84 bits per heavy atom. The molecule has 19 heavy (non-hydrogen) atoms. The lowest BCUT2D eigenvalue weighted by Crippen LogP contribution is -2.46. The van der Waals surface area contributed by atoms with E-state index in [1.54, 1.807) is 7.11 Å². The van der Waals surface area contributed by atoms with Crippen molar-refractivity contribution in [3.05, 3.63) is 29.8 Å². The molecule has 1 aromatic rings. The summed E-state index contributed by atoms with van der Waals surface area (Å²) in [5.74, 6) is 0.145. The van der Waals surface area contributed by atoms with Crippen molar-refractivity contribution in [3.8, 4) is 5.75 Å². The maximum Gasteiger partial charge on any atom is 0.354 e. The van der Waals surface area contributed by atoms with E-state index < -0.39 is 11.6 Å². The molecule has 0 saturated heterocycles. The topological polar surface area (TPSA) is 83.1 Å². The van der Waals surface area contributed by atoms with Crippen molar-refractivity contribution in [3.63, 3.8) is 0 Å². The van der Waals surface area contributed by atoms with Crippen LogP contribution in [0.2, 0.25) is 0 Å². The summed E-state index contributed by atoms with van der Waals surface area (Å²) in [7, 11) is 2.87. The van der Waals surface area contributed by atoms with E-state index in [2.05, 4.69) is 5.16 Å². The van der Waals surface area contributed by atoms with Gasteiger partial charge in [0.05, 0.1) is 19.9 Å². The van der Waals surface area contributed by atoms with E-state index in [1.807, 2.05) is 24.3 Å². The van der Waals surface area contributed by atoms with E-state index in [0.29, 0.717) is 11.5 Å². The molecule has 6 nitrogen and oxygen atoms in total. The van der Waals surface area contributed by atoms with Crippen molar-refractivity contribution < 1.29 is 19.1 Å². The highest BCUT2D eigenvalue weighted by Gasteiger charge is 2.47. The Hall–Kier alpha value is -2.08. The van der Waals surface area contributed by atoms with E-state index >= 15 is 0 Å². The minimum Gasteiger partial charge on any atom is -0.496 e. The Bertz CT molecular complexity index is 515. The highest BCUT2D eigenvalue weighted by Crippen LogP contribution is 2.30. The second-order valence-corrected chi connectivity index (χ2v) is 4.20. The van der Waals surface area contributed by atoms with Crippen LogP contribution in [-0.2, 0) is 14.4 Å². The zero-order chi connectivity index (χ0) is 13.9. The van der Waals surface area contributed by atoms with Gasteiger partial charge in [-0.25, -0.2) is 4.79 Å². The predicted octanol–water partition coefficient (Wildman–Crippen LogP) is 0.690. The van der Waals surface area contributed by atoms with Crippen LogP contribution in [0.15, 0.2) is 29.4 Å². The number of hydrogen-bond donors (Lipinski definition) is 1. The summed E-state index contributed by atoms with van der Waals surface area (Å²) >= 11 is 0. The van der Waals surface area contributed by atoms with Crippen molar-refractivity contribution in [2.45, 2.75) is 12.0 Å². The lowest BCUT2D eigenvalue weighted by molar-refractivity contribution is -0.165. The average molecular weight is 264 g/mol. The Kier molecular flexibility index (Phi) is 3.71. The van der Waals surface area contributed by atoms with Crippen molar-refractivity contribution in [1.82, 2.24) is 0 Å². The Labute approximate surface area is 111 Å². The third-order valence-corrected chi connectivity index (χ3v) is 3.09. The summed E-state index contributed by atoms with van der Waals surface area (Å²) < 4.78 is 9.98. The lowest BCUT2D eigenvalue weighted by atomic mass is 9.94. The molecule has 0 aromatic heterocycles. The number of para-hydroxylation sites is 1. The van der Waals surface area contributed by atoms with Crippen LogP contribution in [0.5, 0.6) is 5.75 Å². The number of esters is 1. The van der Waals surface area contributed by atoms with Gasteiger partial charge in [-0.3, -0.25) is 0 Å². The summed E-state index contributed by atoms with van der Waals surface area (Å²) in [6, 6.07) is 7.39. The largest absolute Gasteiger partial charge is 0.496 e. The van der Waals surface area contributed by atoms with E-state index in [-0.39, 0.29) is 13.0 Å². The summed E-state index contributed by atoms with van der Waals surface area (Å²) in [6.07, 6.45) is 0.260. The fourth-order valence-corrected chi connectivity index (χ4v) is 1.99. The molecule has 6 heteroatoms. The molecule has 1 aliphatic heterocycles. The van der Waals surface area contributed by atoms with E-state index in [1.165, 1.54) is 7.11 Å². The number of carbonyl (C=O) groups is 1. The molecule has 0 saturated carbocycles. The number of nitrogens with two attached hydrogens (primary N) is 1. The smallest absolute Gasteiger partial charge is 0.354 e. The van der Waals surface area contributed by atoms with E-state index in [4.69, 9.17) is 20.0 Å². The quantitative estimate of drug-likeness (QED) is 0.809. The number of nitrogens with zero attached hydrogens (tertiary/aromatic N) is 1. The van der Waals surface area contributed by atoms with Gasteiger partial charge in [0.25, 0.3) is 5.60 Å². The molecule has 0 amide bonds. The number of oxime groups is 1. The maximum atomic E-state index is 11.8. The monoisotopic (exact) mass is 264 g/mol. The Balaban J connectivity index is 2.28. The molecule has 2 rings (SSSR count). The molecule has 0 radical (unpaired) electrons. The molecule has 1 heterocycles. The van der Waals surface area contributed by atoms with Crippen molar-refractivity contribution >= 4 is 11.7 Å². The van der Waals surface area contributed by atoms with Crippen LogP contribution in [-0.4, -0.2) is 38.0 Å². The van der Waals surface area contributed by atoms with Crippen LogP contribution in [0.1, 0.15) is 12.0 Å². The zero-order valence-electron chi connectivity index (χ0n) is 10.9. The van der Waals surface area contributed by atoms with Crippen LogP contribution in [0.4, 0.5) is 0 Å². The van der Waals surface area contributed by atoms with Gasteiger partial charge in [0.1, 0.15) is 5.75 Å². The molecule has 0 bridgehead atoms. The number of rotatable bonds is 4. The Morgan fingerprint density at radius 2 is 2.21 bits per heavy atom. The molecule has 0 fully saturated rings.